The smallest absolute Gasteiger partial charge is 0.321 e. The van der Waals surface area contributed by atoms with Gasteiger partial charge in [-0.2, -0.15) is 5.26 Å². The SMILES string of the molecule is CCOC(CC)(CC(C#N)C(=O)O)OCC. The minimum Gasteiger partial charge on any atom is -0.480 e. The van der Waals surface area contributed by atoms with Gasteiger partial charge in [-0.15, -0.1) is 0 Å². The lowest BCUT2D eigenvalue weighted by Crippen LogP contribution is -2.39. The van der Waals surface area contributed by atoms with Crippen LogP contribution in [0.2, 0.25) is 0 Å². The van der Waals surface area contributed by atoms with E-state index in [9.17, 15) is 4.79 Å². The average molecular weight is 229 g/mol. The zero-order chi connectivity index (χ0) is 12.6. The number of carboxylic acid groups (broad SMARTS) is 1. The first-order chi connectivity index (χ1) is 7.55. The number of carboxylic acids is 1. The van der Waals surface area contributed by atoms with Gasteiger partial charge in [0.1, 0.15) is 5.92 Å². The van der Waals surface area contributed by atoms with Crippen molar-refractivity contribution in [2.24, 2.45) is 5.92 Å². The maximum Gasteiger partial charge on any atom is 0.321 e. The molecule has 1 unspecified atom stereocenters. The highest BCUT2D eigenvalue weighted by Crippen LogP contribution is 2.26. The van der Waals surface area contributed by atoms with E-state index in [4.69, 9.17) is 19.8 Å². The van der Waals surface area contributed by atoms with Crippen molar-refractivity contribution in [1.29, 1.82) is 5.26 Å². The van der Waals surface area contributed by atoms with Crippen molar-refractivity contribution in [1.82, 2.24) is 0 Å². The summed E-state index contributed by atoms with van der Waals surface area (Å²) in [5.41, 5.74) is 0. The molecule has 1 atom stereocenters. The van der Waals surface area contributed by atoms with Gasteiger partial charge in [-0.25, -0.2) is 0 Å². The summed E-state index contributed by atoms with van der Waals surface area (Å²) >= 11 is 0. The first-order valence-corrected chi connectivity index (χ1v) is 5.45. The predicted octanol–water partition coefficient (Wildman–Crippen LogP) is 1.78. The molecule has 0 amide bonds. The van der Waals surface area contributed by atoms with Crippen molar-refractivity contribution in [3.8, 4) is 6.07 Å². The summed E-state index contributed by atoms with van der Waals surface area (Å²) in [5.74, 6) is -3.19. The summed E-state index contributed by atoms with van der Waals surface area (Å²) in [5, 5.41) is 17.6. The minimum atomic E-state index is -1.14. The van der Waals surface area contributed by atoms with Gasteiger partial charge < -0.3 is 14.6 Å². The molecule has 0 rings (SSSR count). The Morgan fingerprint density at radius 3 is 2.12 bits per heavy atom. The van der Waals surface area contributed by atoms with Crippen LogP contribution in [-0.4, -0.2) is 30.1 Å². The van der Waals surface area contributed by atoms with Crippen LogP contribution in [0.4, 0.5) is 0 Å². The van der Waals surface area contributed by atoms with Crippen LogP contribution in [-0.2, 0) is 14.3 Å². The largest absolute Gasteiger partial charge is 0.480 e. The molecule has 5 heteroatoms. The molecule has 0 aromatic rings. The van der Waals surface area contributed by atoms with E-state index in [2.05, 4.69) is 0 Å². The standard InChI is InChI=1S/C11H19NO4/c1-4-11(15-5-2,16-6-3)7-9(8-12)10(13)14/h9H,4-7H2,1-3H3,(H,13,14). The normalized spacial score (nSPS) is 13.1. The Labute approximate surface area is 96.0 Å². The van der Waals surface area contributed by atoms with Gasteiger partial charge in [-0.1, -0.05) is 6.92 Å². The molecule has 0 radical (unpaired) electrons. The van der Waals surface area contributed by atoms with E-state index in [1.807, 2.05) is 20.8 Å². The van der Waals surface area contributed by atoms with Crippen LogP contribution >= 0.6 is 0 Å². The second kappa shape index (κ2) is 7.20. The number of hydrogen-bond acceptors (Lipinski definition) is 4. The lowest BCUT2D eigenvalue weighted by atomic mass is 9.98. The Morgan fingerprint density at radius 1 is 1.38 bits per heavy atom. The number of ether oxygens (including phenoxy) is 2. The molecule has 0 fully saturated rings. The molecule has 0 saturated carbocycles. The second-order valence-electron chi connectivity index (χ2n) is 3.35. The van der Waals surface area contributed by atoms with Gasteiger partial charge in [-0.05, 0) is 20.3 Å². The monoisotopic (exact) mass is 229 g/mol. The first kappa shape index (κ1) is 14.9. The molecule has 0 aliphatic heterocycles. The number of hydrogen-bond donors (Lipinski definition) is 1. The average Bonchev–Trinajstić information content (AvgIpc) is 2.25. The molecule has 0 aliphatic carbocycles. The third-order valence-corrected chi connectivity index (χ3v) is 2.32. The Kier molecular flexibility index (Phi) is 6.70. The fourth-order valence-corrected chi connectivity index (χ4v) is 1.53. The van der Waals surface area contributed by atoms with E-state index in [1.165, 1.54) is 0 Å². The van der Waals surface area contributed by atoms with Crippen molar-refractivity contribution in [3.63, 3.8) is 0 Å². The van der Waals surface area contributed by atoms with Gasteiger partial charge in [0.15, 0.2) is 5.79 Å². The lowest BCUT2D eigenvalue weighted by molar-refractivity contribution is -0.242. The van der Waals surface area contributed by atoms with Crippen molar-refractivity contribution in [3.05, 3.63) is 0 Å². The summed E-state index contributed by atoms with van der Waals surface area (Å²) in [6, 6.07) is 1.75. The highest BCUT2D eigenvalue weighted by atomic mass is 16.7. The van der Waals surface area contributed by atoms with Crippen LogP contribution < -0.4 is 0 Å². The number of rotatable bonds is 8. The third kappa shape index (κ3) is 4.17. The van der Waals surface area contributed by atoms with Gasteiger partial charge in [-0.3, -0.25) is 4.79 Å². The Balaban J connectivity index is 4.75. The van der Waals surface area contributed by atoms with E-state index < -0.39 is 17.7 Å². The Bertz CT molecular complexity index is 253. The molecule has 16 heavy (non-hydrogen) atoms. The van der Waals surface area contributed by atoms with Crippen LogP contribution in [0.25, 0.3) is 0 Å². The highest BCUT2D eigenvalue weighted by Gasteiger charge is 2.35. The van der Waals surface area contributed by atoms with E-state index in [0.29, 0.717) is 19.6 Å². The molecule has 0 heterocycles. The van der Waals surface area contributed by atoms with E-state index in [1.54, 1.807) is 6.07 Å². The maximum atomic E-state index is 10.8. The Hall–Kier alpha value is -1.12. The van der Waals surface area contributed by atoms with Gasteiger partial charge in [0, 0.05) is 19.6 Å². The molecular formula is C11H19NO4. The number of carbonyl (C=O) groups is 1. The number of aliphatic carboxylic acids is 1. The van der Waals surface area contributed by atoms with Crippen molar-refractivity contribution < 1.29 is 19.4 Å². The summed E-state index contributed by atoms with van der Waals surface area (Å²) in [6.07, 6.45) is 0.567. The lowest BCUT2D eigenvalue weighted by Gasteiger charge is -2.32. The third-order valence-electron chi connectivity index (χ3n) is 2.32. The molecule has 0 spiro atoms. The fraction of sp³-hybridized carbons (Fsp3) is 0.818. The van der Waals surface area contributed by atoms with Crippen LogP contribution in [0.3, 0.4) is 0 Å². The second-order valence-corrected chi connectivity index (χ2v) is 3.35. The summed E-state index contributed by atoms with van der Waals surface area (Å²) < 4.78 is 10.9. The molecule has 0 aromatic heterocycles. The summed E-state index contributed by atoms with van der Waals surface area (Å²) in [4.78, 5) is 10.8. The van der Waals surface area contributed by atoms with Crippen LogP contribution in [0.5, 0.6) is 0 Å². The quantitative estimate of drug-likeness (QED) is 0.642. The van der Waals surface area contributed by atoms with Crippen LogP contribution in [0, 0.1) is 17.2 Å². The zero-order valence-corrected chi connectivity index (χ0v) is 10.0. The van der Waals surface area contributed by atoms with Crippen molar-refractivity contribution in [2.45, 2.75) is 39.4 Å². The van der Waals surface area contributed by atoms with E-state index in [-0.39, 0.29) is 6.42 Å². The van der Waals surface area contributed by atoms with Gasteiger partial charge in [0.2, 0.25) is 0 Å². The molecule has 92 valence electrons. The van der Waals surface area contributed by atoms with Crippen LogP contribution in [0.1, 0.15) is 33.6 Å². The van der Waals surface area contributed by atoms with E-state index >= 15 is 0 Å². The molecular weight excluding hydrogens is 210 g/mol. The topological polar surface area (TPSA) is 79.5 Å². The zero-order valence-electron chi connectivity index (χ0n) is 10.0. The van der Waals surface area contributed by atoms with Gasteiger partial charge >= 0.3 is 5.97 Å². The highest BCUT2D eigenvalue weighted by molar-refractivity contribution is 5.72. The van der Waals surface area contributed by atoms with Crippen LogP contribution in [0.15, 0.2) is 0 Å². The maximum absolute atomic E-state index is 10.8. The number of nitrogens with zero attached hydrogens (tertiary/aromatic N) is 1. The fourth-order valence-electron chi connectivity index (χ4n) is 1.53. The molecule has 0 saturated heterocycles. The molecule has 1 N–H and O–H groups in total. The summed E-state index contributed by atoms with van der Waals surface area (Å²) in [7, 11) is 0. The molecule has 5 nitrogen and oxygen atoms in total. The molecule has 0 bridgehead atoms. The molecule has 0 aromatic carbocycles. The molecule has 0 aliphatic rings. The summed E-state index contributed by atoms with van der Waals surface area (Å²) in [6.45, 7) is 6.32. The van der Waals surface area contributed by atoms with E-state index in [0.717, 1.165) is 0 Å². The predicted molar refractivity (Wildman–Crippen MR) is 57.6 cm³/mol. The number of nitriles is 1. The van der Waals surface area contributed by atoms with Gasteiger partial charge in [0.05, 0.1) is 6.07 Å². The first-order valence-electron chi connectivity index (χ1n) is 5.45. The van der Waals surface area contributed by atoms with Crippen molar-refractivity contribution >= 4 is 5.97 Å². The minimum absolute atomic E-state index is 0.0526. The van der Waals surface area contributed by atoms with Crippen molar-refractivity contribution in [2.75, 3.05) is 13.2 Å². The Morgan fingerprint density at radius 2 is 1.88 bits per heavy atom. The van der Waals surface area contributed by atoms with Gasteiger partial charge in [0.25, 0.3) is 0 Å².